The van der Waals surface area contributed by atoms with E-state index in [9.17, 15) is 8.42 Å². The molecule has 3 N–H and O–H groups in total. The second-order valence-electron chi connectivity index (χ2n) is 5.29. The fourth-order valence-corrected chi connectivity index (χ4v) is 4.91. The van der Waals surface area contributed by atoms with Gasteiger partial charge in [-0.3, -0.25) is 0 Å². The second-order valence-corrected chi connectivity index (χ2v) is 8.45. The van der Waals surface area contributed by atoms with Crippen LogP contribution in [0, 0.1) is 0 Å². The zero-order chi connectivity index (χ0) is 15.1. The predicted molar refractivity (Wildman–Crippen MR) is 85.1 cm³/mol. The first-order valence-corrected chi connectivity index (χ1v) is 9.82. The van der Waals surface area contributed by atoms with Crippen LogP contribution in [0.4, 0.5) is 0 Å². The molecule has 21 heavy (non-hydrogen) atoms. The van der Waals surface area contributed by atoms with Crippen molar-refractivity contribution < 1.29 is 13.2 Å². The summed E-state index contributed by atoms with van der Waals surface area (Å²) < 4.78 is 32.9. The summed E-state index contributed by atoms with van der Waals surface area (Å²) in [5.74, 6) is 0. The molecule has 5 nitrogen and oxygen atoms in total. The molecule has 0 aliphatic heterocycles. The lowest BCUT2D eigenvalue weighted by Gasteiger charge is -2.21. The molecule has 0 spiro atoms. The summed E-state index contributed by atoms with van der Waals surface area (Å²) in [4.78, 5) is 0.997. The monoisotopic (exact) mass is 332 g/mol. The van der Waals surface area contributed by atoms with Crippen LogP contribution in [0.2, 0.25) is 0 Å². The average Bonchev–Trinajstić information content (AvgIpc) is 2.95. The average molecular weight is 332 g/mol. The van der Waals surface area contributed by atoms with E-state index < -0.39 is 10.0 Å². The number of hydrogen-bond acceptors (Lipinski definition) is 5. The van der Waals surface area contributed by atoms with Crippen LogP contribution in [0.5, 0.6) is 0 Å². The largest absolute Gasteiger partial charge is 0.377 e. The van der Waals surface area contributed by atoms with Gasteiger partial charge in [0.15, 0.2) is 0 Å². The molecule has 1 saturated carbocycles. The molecule has 1 aliphatic carbocycles. The van der Waals surface area contributed by atoms with Crippen molar-refractivity contribution in [3.63, 3.8) is 0 Å². The standard InChI is InChI=1S/C14H24N2O3S2/c15-9-8-13-6-7-14(20-13)21(17,18)16-10-11-19-12-4-2-1-3-5-12/h6-7,12,16H,1-5,8-11,15H2. The van der Waals surface area contributed by atoms with Gasteiger partial charge in [0.1, 0.15) is 4.21 Å². The van der Waals surface area contributed by atoms with Crippen molar-refractivity contribution in [2.75, 3.05) is 19.7 Å². The Kier molecular flexibility index (Phi) is 6.63. The molecule has 7 heteroatoms. The van der Waals surface area contributed by atoms with Crippen molar-refractivity contribution in [3.8, 4) is 0 Å². The maximum absolute atomic E-state index is 12.1. The molecule has 1 aromatic heterocycles. The van der Waals surface area contributed by atoms with Gasteiger partial charge in [0, 0.05) is 11.4 Å². The Labute approximate surface area is 130 Å². The molecule has 120 valence electrons. The van der Waals surface area contributed by atoms with E-state index in [1.807, 2.05) is 6.07 Å². The highest BCUT2D eigenvalue weighted by Crippen LogP contribution is 2.22. The minimum absolute atomic E-state index is 0.307. The fourth-order valence-electron chi connectivity index (χ4n) is 2.48. The second kappa shape index (κ2) is 8.24. The van der Waals surface area contributed by atoms with Crippen molar-refractivity contribution in [1.29, 1.82) is 0 Å². The number of nitrogens with two attached hydrogens (primary N) is 1. The fraction of sp³-hybridized carbons (Fsp3) is 0.714. The van der Waals surface area contributed by atoms with Crippen LogP contribution < -0.4 is 10.5 Å². The zero-order valence-corrected chi connectivity index (χ0v) is 13.8. The van der Waals surface area contributed by atoms with Crippen LogP contribution in [0.25, 0.3) is 0 Å². The Morgan fingerprint density at radius 3 is 2.76 bits per heavy atom. The van der Waals surface area contributed by atoms with Gasteiger partial charge in [-0.1, -0.05) is 19.3 Å². The van der Waals surface area contributed by atoms with Crippen molar-refractivity contribution in [3.05, 3.63) is 17.0 Å². The molecular formula is C14H24N2O3S2. The summed E-state index contributed by atoms with van der Waals surface area (Å²) in [6.07, 6.45) is 6.94. The first-order chi connectivity index (χ1) is 10.1. The van der Waals surface area contributed by atoms with Crippen molar-refractivity contribution >= 4 is 21.4 Å². The van der Waals surface area contributed by atoms with Gasteiger partial charge in [-0.2, -0.15) is 0 Å². The molecular weight excluding hydrogens is 308 g/mol. The van der Waals surface area contributed by atoms with Crippen LogP contribution in [0.3, 0.4) is 0 Å². The minimum atomic E-state index is -3.41. The molecule has 0 atom stereocenters. The topological polar surface area (TPSA) is 81.4 Å². The van der Waals surface area contributed by atoms with E-state index in [1.165, 1.54) is 30.6 Å². The van der Waals surface area contributed by atoms with Gasteiger partial charge in [0.2, 0.25) is 10.0 Å². The first-order valence-electron chi connectivity index (χ1n) is 7.52. The van der Waals surface area contributed by atoms with Crippen LogP contribution in [-0.4, -0.2) is 34.2 Å². The van der Waals surface area contributed by atoms with Crippen molar-refractivity contribution in [2.45, 2.75) is 48.8 Å². The maximum atomic E-state index is 12.1. The minimum Gasteiger partial charge on any atom is -0.377 e. The van der Waals surface area contributed by atoms with Gasteiger partial charge in [-0.25, -0.2) is 13.1 Å². The van der Waals surface area contributed by atoms with Crippen molar-refractivity contribution in [1.82, 2.24) is 4.72 Å². The van der Waals surface area contributed by atoms with Gasteiger partial charge < -0.3 is 10.5 Å². The lowest BCUT2D eigenvalue weighted by molar-refractivity contribution is 0.0321. The lowest BCUT2D eigenvalue weighted by Crippen LogP contribution is -2.29. The molecule has 1 heterocycles. The van der Waals surface area contributed by atoms with E-state index in [4.69, 9.17) is 10.5 Å². The third-order valence-electron chi connectivity index (χ3n) is 3.59. The molecule has 1 aromatic rings. The summed E-state index contributed by atoms with van der Waals surface area (Å²) in [7, 11) is -3.41. The molecule has 0 aromatic carbocycles. The normalized spacial score (nSPS) is 17.2. The SMILES string of the molecule is NCCc1ccc(S(=O)(=O)NCCOC2CCCCC2)s1. The molecule has 0 unspecified atom stereocenters. The predicted octanol–water partition coefficient (Wildman–Crippen LogP) is 1.88. The molecule has 1 aliphatic rings. The van der Waals surface area contributed by atoms with Crippen LogP contribution >= 0.6 is 11.3 Å². The van der Waals surface area contributed by atoms with Gasteiger partial charge in [0.25, 0.3) is 0 Å². The summed E-state index contributed by atoms with van der Waals surface area (Å²) in [5, 5.41) is 0. The Balaban J connectivity index is 1.75. The van der Waals surface area contributed by atoms with E-state index in [1.54, 1.807) is 6.07 Å². The number of thiophene rings is 1. The molecule has 0 radical (unpaired) electrons. The Bertz CT molecular complexity index is 522. The highest BCUT2D eigenvalue weighted by atomic mass is 32.2. The number of sulfonamides is 1. The van der Waals surface area contributed by atoms with Crippen LogP contribution in [0.15, 0.2) is 16.3 Å². The van der Waals surface area contributed by atoms with E-state index in [-0.39, 0.29) is 0 Å². The van der Waals surface area contributed by atoms with Gasteiger partial charge in [-0.15, -0.1) is 11.3 Å². The number of nitrogens with one attached hydrogen (secondary N) is 1. The molecule has 1 fully saturated rings. The molecule has 0 saturated heterocycles. The van der Waals surface area contributed by atoms with Crippen LogP contribution in [-0.2, 0) is 21.2 Å². The van der Waals surface area contributed by atoms with Crippen molar-refractivity contribution in [2.24, 2.45) is 5.73 Å². The third kappa shape index (κ3) is 5.34. The number of ether oxygens (including phenoxy) is 1. The Morgan fingerprint density at radius 2 is 2.05 bits per heavy atom. The Hall–Kier alpha value is -0.470. The first kappa shape index (κ1) is 16.9. The quantitative estimate of drug-likeness (QED) is 0.712. The third-order valence-corrected chi connectivity index (χ3v) is 6.69. The van der Waals surface area contributed by atoms with E-state index in [0.29, 0.717) is 36.4 Å². The summed E-state index contributed by atoms with van der Waals surface area (Å²) in [6.45, 7) is 1.29. The summed E-state index contributed by atoms with van der Waals surface area (Å²) in [5.41, 5.74) is 5.47. The number of rotatable bonds is 8. The summed E-state index contributed by atoms with van der Waals surface area (Å²) >= 11 is 1.28. The van der Waals surface area contributed by atoms with E-state index >= 15 is 0 Å². The highest BCUT2D eigenvalue weighted by molar-refractivity contribution is 7.91. The maximum Gasteiger partial charge on any atom is 0.250 e. The van der Waals surface area contributed by atoms with Gasteiger partial charge in [-0.05, 0) is 37.9 Å². The van der Waals surface area contributed by atoms with Gasteiger partial charge >= 0.3 is 0 Å². The van der Waals surface area contributed by atoms with Crippen LogP contribution in [0.1, 0.15) is 37.0 Å². The molecule has 2 rings (SSSR count). The van der Waals surface area contributed by atoms with E-state index in [2.05, 4.69) is 4.72 Å². The van der Waals surface area contributed by atoms with Gasteiger partial charge in [0.05, 0.1) is 12.7 Å². The van der Waals surface area contributed by atoms with E-state index in [0.717, 1.165) is 17.7 Å². The zero-order valence-electron chi connectivity index (χ0n) is 12.2. The molecule has 0 bridgehead atoms. The Morgan fingerprint density at radius 1 is 1.29 bits per heavy atom. The molecule has 0 amide bonds. The smallest absolute Gasteiger partial charge is 0.250 e. The lowest BCUT2D eigenvalue weighted by atomic mass is 9.98. The highest BCUT2D eigenvalue weighted by Gasteiger charge is 2.17. The number of hydrogen-bond donors (Lipinski definition) is 2. The summed E-state index contributed by atoms with van der Waals surface area (Å²) in [6, 6.07) is 3.46.